The zero-order valence-electron chi connectivity index (χ0n) is 12.4. The van der Waals surface area contributed by atoms with E-state index in [1.165, 1.54) is 6.07 Å². The van der Waals surface area contributed by atoms with Crippen molar-refractivity contribution in [2.75, 3.05) is 18.4 Å². The van der Waals surface area contributed by atoms with Crippen LogP contribution >= 0.6 is 0 Å². The van der Waals surface area contributed by atoms with Crippen LogP contribution in [0.4, 0.5) is 11.4 Å². The van der Waals surface area contributed by atoms with E-state index in [0.717, 1.165) is 25.7 Å². The van der Waals surface area contributed by atoms with Gasteiger partial charge in [-0.15, -0.1) is 0 Å². The molecule has 1 aliphatic rings. The molecule has 1 aromatic rings. The zero-order valence-corrected chi connectivity index (χ0v) is 12.4. The van der Waals surface area contributed by atoms with Crippen LogP contribution in [-0.2, 0) is 4.79 Å². The lowest BCUT2D eigenvalue weighted by Crippen LogP contribution is -2.41. The summed E-state index contributed by atoms with van der Waals surface area (Å²) >= 11 is 0. The molecule has 0 unspecified atom stereocenters. The number of benzene rings is 1. The summed E-state index contributed by atoms with van der Waals surface area (Å²) in [5.74, 6) is -0.175. The van der Waals surface area contributed by atoms with Crippen LogP contribution in [0.15, 0.2) is 24.3 Å². The van der Waals surface area contributed by atoms with Crippen molar-refractivity contribution in [2.24, 2.45) is 0 Å². The topological polar surface area (TPSA) is 104 Å². The molecular weight excluding hydrogens is 286 g/mol. The van der Waals surface area contributed by atoms with Crippen molar-refractivity contribution < 1.29 is 14.8 Å². The van der Waals surface area contributed by atoms with Gasteiger partial charge in [-0.05, 0) is 18.9 Å². The molecule has 0 aromatic heterocycles. The molecule has 2 rings (SSSR count). The number of amides is 1. The van der Waals surface area contributed by atoms with Crippen molar-refractivity contribution in [1.82, 2.24) is 5.32 Å². The molecule has 1 aromatic carbocycles. The van der Waals surface area contributed by atoms with Gasteiger partial charge in [-0.3, -0.25) is 14.9 Å². The molecule has 0 radical (unpaired) electrons. The summed E-state index contributed by atoms with van der Waals surface area (Å²) in [7, 11) is 0. The lowest BCUT2D eigenvalue weighted by atomic mass is 10.0. The van der Waals surface area contributed by atoms with Crippen LogP contribution < -0.4 is 10.6 Å². The number of hydrogen-bond acceptors (Lipinski definition) is 5. The minimum absolute atomic E-state index is 0.0109. The third-order valence-corrected chi connectivity index (χ3v) is 3.92. The molecular formula is C15H21N3O4. The van der Waals surface area contributed by atoms with E-state index in [-0.39, 0.29) is 24.6 Å². The van der Waals surface area contributed by atoms with E-state index in [1.807, 2.05) is 0 Å². The van der Waals surface area contributed by atoms with Gasteiger partial charge < -0.3 is 15.7 Å². The van der Waals surface area contributed by atoms with Crippen molar-refractivity contribution in [1.29, 1.82) is 0 Å². The van der Waals surface area contributed by atoms with E-state index in [2.05, 4.69) is 10.6 Å². The van der Waals surface area contributed by atoms with E-state index in [1.54, 1.807) is 18.2 Å². The number of aliphatic hydroxyl groups is 1. The fourth-order valence-electron chi connectivity index (χ4n) is 2.65. The highest BCUT2D eigenvalue weighted by atomic mass is 16.6. The van der Waals surface area contributed by atoms with Crippen LogP contribution in [-0.4, -0.2) is 34.6 Å². The predicted octanol–water partition coefficient (Wildman–Crippen LogP) is 1.82. The van der Waals surface area contributed by atoms with Crippen LogP contribution in [0.3, 0.4) is 0 Å². The van der Waals surface area contributed by atoms with Gasteiger partial charge in [0, 0.05) is 25.6 Å². The Morgan fingerprint density at radius 1 is 1.32 bits per heavy atom. The Morgan fingerprint density at radius 3 is 2.68 bits per heavy atom. The van der Waals surface area contributed by atoms with E-state index in [4.69, 9.17) is 0 Å². The summed E-state index contributed by atoms with van der Waals surface area (Å²) in [6.07, 6.45) is 3.63. The third kappa shape index (κ3) is 4.42. The summed E-state index contributed by atoms with van der Waals surface area (Å²) in [6.45, 7) is 0.576. The Labute approximate surface area is 128 Å². The van der Waals surface area contributed by atoms with Gasteiger partial charge in [0.05, 0.1) is 10.5 Å². The Morgan fingerprint density at radius 2 is 2.00 bits per heavy atom. The highest BCUT2D eigenvalue weighted by molar-refractivity contribution is 5.76. The molecule has 1 fully saturated rings. The number of nitrogens with zero attached hydrogens (tertiary/aromatic N) is 1. The summed E-state index contributed by atoms with van der Waals surface area (Å²) in [5, 5.41) is 26.6. The number of carbonyl (C=O) groups excluding carboxylic acids is 1. The first-order valence-electron chi connectivity index (χ1n) is 7.47. The van der Waals surface area contributed by atoms with Gasteiger partial charge in [0.25, 0.3) is 5.69 Å². The molecule has 0 heterocycles. The van der Waals surface area contributed by atoms with Crippen LogP contribution in [0.2, 0.25) is 0 Å². The number of nitro benzene ring substituents is 1. The second-order valence-electron chi connectivity index (χ2n) is 5.66. The maximum atomic E-state index is 11.8. The smallest absolute Gasteiger partial charge is 0.292 e. The molecule has 1 amide bonds. The lowest BCUT2D eigenvalue weighted by molar-refractivity contribution is -0.384. The van der Waals surface area contributed by atoms with Crippen LogP contribution in [0.1, 0.15) is 32.1 Å². The number of anilines is 1. The molecule has 7 heteroatoms. The first-order valence-corrected chi connectivity index (χ1v) is 7.47. The number of para-hydroxylation sites is 2. The van der Waals surface area contributed by atoms with E-state index in [9.17, 15) is 20.0 Å². The maximum Gasteiger partial charge on any atom is 0.292 e. The molecule has 0 bridgehead atoms. The number of rotatable bonds is 7. The quantitative estimate of drug-likeness (QED) is 0.526. The van der Waals surface area contributed by atoms with Crippen LogP contribution in [0.5, 0.6) is 0 Å². The van der Waals surface area contributed by atoms with Gasteiger partial charge in [0.1, 0.15) is 5.69 Å². The monoisotopic (exact) mass is 307 g/mol. The first kappa shape index (κ1) is 16.2. The van der Waals surface area contributed by atoms with Gasteiger partial charge in [-0.1, -0.05) is 25.0 Å². The second kappa shape index (κ2) is 7.22. The average molecular weight is 307 g/mol. The Bertz CT molecular complexity index is 541. The molecule has 0 saturated heterocycles. The van der Waals surface area contributed by atoms with E-state index < -0.39 is 10.5 Å². The summed E-state index contributed by atoms with van der Waals surface area (Å²) < 4.78 is 0. The van der Waals surface area contributed by atoms with E-state index in [0.29, 0.717) is 12.2 Å². The minimum Gasteiger partial charge on any atom is -0.388 e. The van der Waals surface area contributed by atoms with E-state index >= 15 is 0 Å². The molecule has 1 aliphatic carbocycles. The number of nitro groups is 1. The van der Waals surface area contributed by atoms with Crippen molar-refractivity contribution in [3.63, 3.8) is 0 Å². The summed E-state index contributed by atoms with van der Waals surface area (Å²) in [5.41, 5.74) is -0.376. The van der Waals surface area contributed by atoms with Crippen molar-refractivity contribution in [2.45, 2.75) is 37.7 Å². The third-order valence-electron chi connectivity index (χ3n) is 3.92. The standard InChI is InChI=1S/C15H21N3O4/c19-14(17-11-15(20)8-3-4-9-15)7-10-16-12-5-1-2-6-13(12)18(21)22/h1-2,5-6,16,20H,3-4,7-11H2,(H,17,19). The van der Waals surface area contributed by atoms with Crippen molar-refractivity contribution in [3.8, 4) is 0 Å². The van der Waals surface area contributed by atoms with Crippen molar-refractivity contribution in [3.05, 3.63) is 34.4 Å². The largest absolute Gasteiger partial charge is 0.388 e. The fourth-order valence-corrected chi connectivity index (χ4v) is 2.65. The minimum atomic E-state index is -0.763. The summed E-state index contributed by atoms with van der Waals surface area (Å²) in [4.78, 5) is 22.2. The van der Waals surface area contributed by atoms with Gasteiger partial charge in [-0.25, -0.2) is 0 Å². The molecule has 7 nitrogen and oxygen atoms in total. The molecule has 120 valence electrons. The molecule has 3 N–H and O–H groups in total. The van der Waals surface area contributed by atoms with Crippen LogP contribution in [0, 0.1) is 10.1 Å². The van der Waals surface area contributed by atoms with Crippen LogP contribution in [0.25, 0.3) is 0 Å². The van der Waals surface area contributed by atoms with Gasteiger partial charge in [0.2, 0.25) is 5.91 Å². The highest BCUT2D eigenvalue weighted by Gasteiger charge is 2.31. The van der Waals surface area contributed by atoms with Crippen molar-refractivity contribution >= 4 is 17.3 Å². The maximum absolute atomic E-state index is 11.8. The fraction of sp³-hybridized carbons (Fsp3) is 0.533. The highest BCUT2D eigenvalue weighted by Crippen LogP contribution is 2.28. The second-order valence-corrected chi connectivity index (χ2v) is 5.66. The number of hydrogen-bond donors (Lipinski definition) is 3. The summed E-state index contributed by atoms with van der Waals surface area (Å²) in [6, 6.07) is 6.32. The molecule has 0 atom stereocenters. The Hall–Kier alpha value is -2.15. The Kier molecular flexibility index (Phi) is 5.32. The average Bonchev–Trinajstić information content (AvgIpc) is 2.93. The van der Waals surface area contributed by atoms with Gasteiger partial charge in [0.15, 0.2) is 0 Å². The zero-order chi connectivity index (χ0) is 16.0. The predicted molar refractivity (Wildman–Crippen MR) is 82.6 cm³/mol. The Balaban J connectivity index is 1.74. The van der Waals surface area contributed by atoms with Gasteiger partial charge in [-0.2, -0.15) is 0 Å². The number of nitrogens with one attached hydrogen (secondary N) is 2. The van der Waals surface area contributed by atoms with Gasteiger partial charge >= 0.3 is 0 Å². The first-order chi connectivity index (χ1) is 10.5. The molecule has 0 spiro atoms. The molecule has 22 heavy (non-hydrogen) atoms. The lowest BCUT2D eigenvalue weighted by Gasteiger charge is -2.22. The molecule has 1 saturated carbocycles. The SMILES string of the molecule is O=C(CCNc1ccccc1[N+](=O)[O-])NCC1(O)CCCC1. The normalized spacial score (nSPS) is 16.2. The molecule has 0 aliphatic heterocycles. The number of carbonyl (C=O) groups is 1.